The number of carbonyl (C=O) groups excluding carboxylic acids is 1. The van der Waals surface area contributed by atoms with Gasteiger partial charge in [0.15, 0.2) is 0 Å². The fourth-order valence-corrected chi connectivity index (χ4v) is 3.09. The van der Waals surface area contributed by atoms with Gasteiger partial charge >= 0.3 is 0 Å². The Morgan fingerprint density at radius 2 is 1.67 bits per heavy atom. The Hall–Kier alpha value is -2.77. The van der Waals surface area contributed by atoms with Crippen LogP contribution in [0.2, 0.25) is 0 Å². The highest BCUT2D eigenvalue weighted by Crippen LogP contribution is 2.26. The summed E-state index contributed by atoms with van der Waals surface area (Å²) in [6.07, 6.45) is 1.42. The molecule has 1 aliphatic rings. The topological polar surface area (TPSA) is 87.0 Å². The molecule has 2 aromatic carbocycles. The molecule has 1 N–H and O–H groups in total. The van der Waals surface area contributed by atoms with Crippen LogP contribution >= 0.6 is 0 Å². The molecule has 24 heavy (non-hydrogen) atoms. The quantitative estimate of drug-likeness (QED) is 0.686. The number of benzene rings is 2. The summed E-state index contributed by atoms with van der Waals surface area (Å²) in [4.78, 5) is 12.4. The summed E-state index contributed by atoms with van der Waals surface area (Å²) in [6, 6.07) is 14.9. The molecule has 0 aliphatic carbocycles. The van der Waals surface area contributed by atoms with Crippen molar-refractivity contribution < 1.29 is 17.8 Å². The van der Waals surface area contributed by atoms with Crippen molar-refractivity contribution in [1.82, 2.24) is 0 Å². The van der Waals surface area contributed by atoms with Crippen LogP contribution in [0.1, 0.15) is 12.5 Å². The number of anilines is 1. The van der Waals surface area contributed by atoms with Gasteiger partial charge < -0.3 is 0 Å². The molecule has 0 fully saturated rings. The average Bonchev–Trinajstić information content (AvgIpc) is 2.83. The van der Waals surface area contributed by atoms with Crippen LogP contribution in [0.3, 0.4) is 0 Å². The molecule has 0 unspecified atom stereocenters. The Morgan fingerprint density at radius 3 is 2.33 bits per heavy atom. The zero-order valence-corrected chi connectivity index (χ0v) is 13.6. The van der Waals surface area contributed by atoms with E-state index in [1.54, 1.807) is 37.3 Å². The standard InChI is InChI=1S/C17H14N2O4S/c1-12-15(11-13-7-5-6-10-16(13)24(21,22)23)17(20)19(18-12)14-8-3-2-4-9-14/h2-11H,1H3,(H,21,22,23). The molecule has 2 aromatic rings. The van der Waals surface area contributed by atoms with Crippen molar-refractivity contribution >= 4 is 33.5 Å². The van der Waals surface area contributed by atoms with E-state index in [4.69, 9.17) is 0 Å². The van der Waals surface area contributed by atoms with Gasteiger partial charge in [-0.05, 0) is 36.8 Å². The molecule has 1 aliphatic heterocycles. The first-order valence-electron chi connectivity index (χ1n) is 7.11. The maximum Gasteiger partial charge on any atom is 0.295 e. The summed E-state index contributed by atoms with van der Waals surface area (Å²) in [6.45, 7) is 1.67. The van der Waals surface area contributed by atoms with Crippen molar-refractivity contribution in [3.8, 4) is 0 Å². The number of rotatable bonds is 3. The van der Waals surface area contributed by atoms with Gasteiger partial charge in [0.25, 0.3) is 16.0 Å². The highest BCUT2D eigenvalue weighted by atomic mass is 32.2. The van der Waals surface area contributed by atoms with Crippen LogP contribution in [-0.2, 0) is 14.9 Å². The number of amides is 1. The Kier molecular flexibility index (Phi) is 4.04. The molecule has 0 bridgehead atoms. The average molecular weight is 342 g/mol. The van der Waals surface area contributed by atoms with Crippen LogP contribution in [0.5, 0.6) is 0 Å². The second-order valence-corrected chi connectivity index (χ2v) is 6.60. The lowest BCUT2D eigenvalue weighted by molar-refractivity contribution is -0.114. The molecule has 6 nitrogen and oxygen atoms in total. The molecule has 0 atom stereocenters. The van der Waals surface area contributed by atoms with E-state index in [1.807, 2.05) is 6.07 Å². The summed E-state index contributed by atoms with van der Waals surface area (Å²) in [7, 11) is -4.39. The summed E-state index contributed by atoms with van der Waals surface area (Å²) in [5, 5.41) is 5.49. The van der Waals surface area contributed by atoms with Crippen molar-refractivity contribution in [2.24, 2.45) is 5.10 Å². The summed E-state index contributed by atoms with van der Waals surface area (Å²) in [5.41, 5.74) is 1.59. The Morgan fingerprint density at radius 1 is 1.04 bits per heavy atom. The van der Waals surface area contributed by atoms with Gasteiger partial charge in [-0.1, -0.05) is 36.4 Å². The molecule has 0 saturated carbocycles. The maximum atomic E-state index is 12.6. The highest BCUT2D eigenvalue weighted by molar-refractivity contribution is 7.85. The lowest BCUT2D eigenvalue weighted by Gasteiger charge is -2.11. The molecular weight excluding hydrogens is 328 g/mol. The van der Waals surface area contributed by atoms with Gasteiger partial charge in [-0.25, -0.2) is 0 Å². The predicted molar refractivity (Wildman–Crippen MR) is 91.3 cm³/mol. The molecule has 3 rings (SSSR count). The van der Waals surface area contributed by atoms with E-state index in [1.165, 1.54) is 29.3 Å². The first-order chi connectivity index (χ1) is 11.4. The fourth-order valence-electron chi connectivity index (χ4n) is 2.42. The van der Waals surface area contributed by atoms with E-state index in [-0.39, 0.29) is 21.9 Å². The summed E-state index contributed by atoms with van der Waals surface area (Å²) >= 11 is 0. The van der Waals surface area contributed by atoms with Crippen LogP contribution < -0.4 is 5.01 Å². The first kappa shape index (κ1) is 16.1. The van der Waals surface area contributed by atoms with Crippen molar-refractivity contribution in [2.75, 3.05) is 5.01 Å². The van der Waals surface area contributed by atoms with E-state index in [0.29, 0.717) is 11.4 Å². The van der Waals surface area contributed by atoms with Crippen LogP contribution in [-0.4, -0.2) is 24.6 Å². The van der Waals surface area contributed by atoms with Crippen LogP contribution in [0.25, 0.3) is 6.08 Å². The zero-order chi connectivity index (χ0) is 17.3. The predicted octanol–water partition coefficient (Wildman–Crippen LogP) is 2.74. The first-order valence-corrected chi connectivity index (χ1v) is 8.55. The molecule has 0 saturated heterocycles. The molecule has 0 aromatic heterocycles. The van der Waals surface area contributed by atoms with Crippen molar-refractivity contribution in [3.63, 3.8) is 0 Å². The SMILES string of the molecule is CC1=NN(c2ccccc2)C(=O)C1=Cc1ccccc1S(=O)(=O)O. The fraction of sp³-hybridized carbons (Fsp3) is 0.0588. The zero-order valence-electron chi connectivity index (χ0n) is 12.7. The Labute approximate surface area is 139 Å². The summed E-state index contributed by atoms with van der Waals surface area (Å²) < 4.78 is 32.3. The van der Waals surface area contributed by atoms with Gasteiger partial charge in [0.2, 0.25) is 0 Å². The van der Waals surface area contributed by atoms with Gasteiger partial charge in [0.05, 0.1) is 17.0 Å². The number of hydrogen-bond donors (Lipinski definition) is 1. The monoisotopic (exact) mass is 342 g/mol. The minimum atomic E-state index is -4.39. The van der Waals surface area contributed by atoms with E-state index in [2.05, 4.69) is 5.10 Å². The van der Waals surface area contributed by atoms with Crippen LogP contribution in [0, 0.1) is 0 Å². The van der Waals surface area contributed by atoms with Gasteiger partial charge in [-0.15, -0.1) is 0 Å². The third-order valence-corrected chi connectivity index (χ3v) is 4.49. The minimum absolute atomic E-state index is 0.229. The van der Waals surface area contributed by atoms with Crippen molar-refractivity contribution in [3.05, 3.63) is 65.7 Å². The van der Waals surface area contributed by atoms with E-state index >= 15 is 0 Å². The lowest BCUT2D eigenvalue weighted by atomic mass is 10.1. The van der Waals surface area contributed by atoms with Crippen LogP contribution in [0.4, 0.5) is 5.69 Å². The van der Waals surface area contributed by atoms with Crippen molar-refractivity contribution in [1.29, 1.82) is 0 Å². The normalized spacial score (nSPS) is 16.6. The molecule has 1 heterocycles. The third kappa shape index (κ3) is 2.99. The molecule has 1 amide bonds. The van der Waals surface area contributed by atoms with Crippen LogP contribution in [0.15, 0.2) is 70.2 Å². The maximum absolute atomic E-state index is 12.6. The largest absolute Gasteiger partial charge is 0.295 e. The highest BCUT2D eigenvalue weighted by Gasteiger charge is 2.29. The van der Waals surface area contributed by atoms with E-state index in [9.17, 15) is 17.8 Å². The lowest BCUT2D eigenvalue weighted by Crippen LogP contribution is -2.21. The van der Waals surface area contributed by atoms with E-state index < -0.39 is 10.1 Å². The number of hydrazone groups is 1. The number of hydrogen-bond acceptors (Lipinski definition) is 4. The second kappa shape index (κ2) is 6.03. The minimum Gasteiger partial charge on any atom is -0.282 e. The number of para-hydroxylation sites is 1. The molecular formula is C17H14N2O4S. The Balaban J connectivity index is 2.05. The second-order valence-electron chi connectivity index (χ2n) is 5.21. The van der Waals surface area contributed by atoms with Gasteiger partial charge in [-0.3, -0.25) is 9.35 Å². The molecule has 0 radical (unpaired) electrons. The number of carbonyl (C=O) groups is 1. The molecule has 122 valence electrons. The third-order valence-electron chi connectivity index (χ3n) is 3.56. The van der Waals surface area contributed by atoms with Crippen molar-refractivity contribution in [2.45, 2.75) is 11.8 Å². The van der Waals surface area contributed by atoms with Gasteiger partial charge in [0.1, 0.15) is 4.90 Å². The van der Waals surface area contributed by atoms with E-state index in [0.717, 1.165) is 0 Å². The molecule has 0 spiro atoms. The number of nitrogens with zero attached hydrogens (tertiary/aromatic N) is 2. The van der Waals surface area contributed by atoms with Gasteiger partial charge in [-0.2, -0.15) is 18.5 Å². The smallest absolute Gasteiger partial charge is 0.282 e. The van der Waals surface area contributed by atoms with Gasteiger partial charge in [0, 0.05) is 0 Å². The molecule has 7 heteroatoms. The Bertz CT molecular complexity index is 963. The summed E-state index contributed by atoms with van der Waals surface area (Å²) in [5.74, 6) is -0.358.